The molecule has 1 N–H and O–H groups in total. The molecule has 1 atom stereocenters. The van der Waals surface area contributed by atoms with Crippen molar-refractivity contribution < 1.29 is 9.53 Å². The maximum absolute atomic E-state index is 11.3. The topological polar surface area (TPSA) is 41.6 Å². The monoisotopic (exact) mass is 212 g/mol. The van der Waals surface area contributed by atoms with Gasteiger partial charge in [-0.1, -0.05) is 0 Å². The van der Waals surface area contributed by atoms with E-state index in [2.05, 4.69) is 5.32 Å². The summed E-state index contributed by atoms with van der Waals surface area (Å²) < 4.78 is 5.31. The number of carbonyl (C=O) groups is 1. The second-order valence-electron chi connectivity index (χ2n) is 4.49. The molecular formula is C11H20N2O2. The van der Waals surface area contributed by atoms with Crippen LogP contribution in [0.25, 0.3) is 0 Å². The number of nitrogens with zero attached hydrogens (tertiary/aromatic N) is 1. The average Bonchev–Trinajstić information content (AvgIpc) is 2.59. The summed E-state index contributed by atoms with van der Waals surface area (Å²) in [6.45, 7) is 2.68. The minimum atomic E-state index is 0.286. The largest absolute Gasteiger partial charge is 0.381 e. The van der Waals surface area contributed by atoms with Gasteiger partial charge in [0.1, 0.15) is 0 Å². The van der Waals surface area contributed by atoms with E-state index in [1.54, 1.807) is 0 Å². The molecule has 1 unspecified atom stereocenters. The smallest absolute Gasteiger partial charge is 0.222 e. The highest BCUT2D eigenvalue weighted by Crippen LogP contribution is 2.16. The number of rotatable bonds is 3. The second-order valence-corrected chi connectivity index (χ2v) is 4.49. The first-order valence-electron chi connectivity index (χ1n) is 5.84. The standard InChI is InChI=1S/C11H20N2O2/c1-13-10(2-3-11(13)14)8-12-9-4-6-15-7-5-9/h9-10,12H,2-8H2,1H3. The SMILES string of the molecule is CN1C(=O)CCC1CNC1CCOCC1. The van der Waals surface area contributed by atoms with Gasteiger partial charge in [-0.3, -0.25) is 4.79 Å². The van der Waals surface area contributed by atoms with Crippen molar-refractivity contribution in [3.05, 3.63) is 0 Å². The quantitative estimate of drug-likeness (QED) is 0.735. The Morgan fingerprint density at radius 3 is 2.73 bits per heavy atom. The van der Waals surface area contributed by atoms with E-state index in [1.807, 2.05) is 11.9 Å². The molecule has 0 saturated carbocycles. The summed E-state index contributed by atoms with van der Waals surface area (Å²) in [7, 11) is 1.91. The van der Waals surface area contributed by atoms with Gasteiger partial charge in [-0.25, -0.2) is 0 Å². The van der Waals surface area contributed by atoms with Crippen LogP contribution < -0.4 is 5.32 Å². The van der Waals surface area contributed by atoms with Crippen LogP contribution in [0.3, 0.4) is 0 Å². The third-order valence-electron chi connectivity index (χ3n) is 3.50. The van der Waals surface area contributed by atoms with E-state index in [4.69, 9.17) is 4.74 Å². The van der Waals surface area contributed by atoms with Crippen molar-refractivity contribution in [2.45, 2.75) is 37.8 Å². The van der Waals surface area contributed by atoms with E-state index < -0.39 is 0 Å². The minimum absolute atomic E-state index is 0.286. The van der Waals surface area contributed by atoms with Gasteiger partial charge < -0.3 is 15.0 Å². The molecule has 1 amide bonds. The van der Waals surface area contributed by atoms with Crippen LogP contribution in [-0.2, 0) is 9.53 Å². The molecule has 0 aliphatic carbocycles. The summed E-state index contributed by atoms with van der Waals surface area (Å²) in [6, 6.07) is 0.989. The van der Waals surface area contributed by atoms with E-state index >= 15 is 0 Å². The summed E-state index contributed by atoms with van der Waals surface area (Å²) in [4.78, 5) is 13.2. The molecule has 2 heterocycles. The molecule has 4 nitrogen and oxygen atoms in total. The summed E-state index contributed by atoms with van der Waals surface area (Å²) in [5.74, 6) is 0.286. The van der Waals surface area contributed by atoms with Gasteiger partial charge in [0.25, 0.3) is 0 Å². The number of likely N-dealkylation sites (N-methyl/N-ethyl adjacent to an activating group) is 1. The normalized spacial score (nSPS) is 28.7. The van der Waals surface area contributed by atoms with Crippen LogP contribution in [0.1, 0.15) is 25.7 Å². The summed E-state index contributed by atoms with van der Waals surface area (Å²) in [5, 5.41) is 3.54. The number of carbonyl (C=O) groups excluding carboxylic acids is 1. The lowest BCUT2D eigenvalue weighted by atomic mass is 10.1. The molecule has 0 aromatic heterocycles. The number of likely N-dealkylation sites (tertiary alicyclic amines) is 1. The summed E-state index contributed by atoms with van der Waals surface area (Å²) in [5.41, 5.74) is 0. The van der Waals surface area contributed by atoms with Crippen LogP contribution in [0.15, 0.2) is 0 Å². The van der Waals surface area contributed by atoms with Crippen molar-refractivity contribution in [1.82, 2.24) is 10.2 Å². The first kappa shape index (κ1) is 10.9. The Balaban J connectivity index is 1.71. The zero-order valence-corrected chi connectivity index (χ0v) is 9.37. The summed E-state index contributed by atoms with van der Waals surface area (Å²) >= 11 is 0. The van der Waals surface area contributed by atoms with Gasteiger partial charge in [-0.05, 0) is 19.3 Å². The van der Waals surface area contributed by atoms with Gasteiger partial charge >= 0.3 is 0 Å². The maximum atomic E-state index is 11.3. The predicted molar refractivity (Wildman–Crippen MR) is 57.6 cm³/mol. The molecule has 0 aromatic rings. The number of amides is 1. The molecule has 0 spiro atoms. The molecule has 2 saturated heterocycles. The van der Waals surface area contributed by atoms with E-state index in [0.29, 0.717) is 12.1 Å². The molecule has 2 fully saturated rings. The third-order valence-corrected chi connectivity index (χ3v) is 3.50. The molecule has 0 bridgehead atoms. The Bertz CT molecular complexity index is 227. The van der Waals surface area contributed by atoms with E-state index in [-0.39, 0.29) is 5.91 Å². The maximum Gasteiger partial charge on any atom is 0.222 e. The molecule has 0 aromatic carbocycles. The lowest BCUT2D eigenvalue weighted by Crippen LogP contribution is -2.43. The summed E-state index contributed by atoms with van der Waals surface area (Å²) in [6.07, 6.45) is 3.93. The highest BCUT2D eigenvalue weighted by Gasteiger charge is 2.27. The highest BCUT2D eigenvalue weighted by atomic mass is 16.5. The zero-order valence-electron chi connectivity index (χ0n) is 9.37. The second kappa shape index (κ2) is 4.94. The Labute approximate surface area is 91.0 Å². The molecule has 2 aliphatic heterocycles. The highest BCUT2D eigenvalue weighted by molar-refractivity contribution is 5.78. The van der Waals surface area contributed by atoms with Crippen LogP contribution in [0.4, 0.5) is 0 Å². The van der Waals surface area contributed by atoms with Crippen LogP contribution >= 0.6 is 0 Å². The van der Waals surface area contributed by atoms with Crippen LogP contribution in [0.5, 0.6) is 0 Å². The lowest BCUT2D eigenvalue weighted by Gasteiger charge is -2.27. The first-order chi connectivity index (χ1) is 7.27. The lowest BCUT2D eigenvalue weighted by molar-refractivity contribution is -0.127. The van der Waals surface area contributed by atoms with Gasteiger partial charge in [0.15, 0.2) is 0 Å². The van der Waals surface area contributed by atoms with E-state index in [1.165, 1.54) is 0 Å². The Morgan fingerprint density at radius 1 is 1.40 bits per heavy atom. The van der Waals surface area contributed by atoms with Crippen molar-refractivity contribution in [3.63, 3.8) is 0 Å². The molecule has 0 radical (unpaired) electrons. The zero-order chi connectivity index (χ0) is 10.7. The fraction of sp³-hybridized carbons (Fsp3) is 0.909. The molecule has 2 rings (SSSR count). The van der Waals surface area contributed by atoms with E-state index in [0.717, 1.165) is 45.4 Å². The number of hydrogen-bond donors (Lipinski definition) is 1. The molecule has 15 heavy (non-hydrogen) atoms. The van der Waals surface area contributed by atoms with Gasteiger partial charge in [0, 0.05) is 45.3 Å². The van der Waals surface area contributed by atoms with Gasteiger partial charge in [0.05, 0.1) is 0 Å². The molecule has 86 valence electrons. The van der Waals surface area contributed by atoms with E-state index in [9.17, 15) is 4.79 Å². The van der Waals surface area contributed by atoms with Crippen LogP contribution in [0, 0.1) is 0 Å². The minimum Gasteiger partial charge on any atom is -0.381 e. The first-order valence-corrected chi connectivity index (χ1v) is 5.84. The predicted octanol–water partition coefficient (Wildman–Crippen LogP) is 0.376. The Kier molecular flexibility index (Phi) is 3.59. The van der Waals surface area contributed by atoms with Crippen LogP contribution in [0.2, 0.25) is 0 Å². The fourth-order valence-corrected chi connectivity index (χ4v) is 2.31. The van der Waals surface area contributed by atoms with Crippen molar-refractivity contribution in [2.75, 3.05) is 26.8 Å². The van der Waals surface area contributed by atoms with Crippen molar-refractivity contribution in [1.29, 1.82) is 0 Å². The number of nitrogens with one attached hydrogen (secondary N) is 1. The van der Waals surface area contributed by atoms with Crippen LogP contribution in [-0.4, -0.2) is 49.7 Å². The van der Waals surface area contributed by atoms with Crippen molar-refractivity contribution in [3.8, 4) is 0 Å². The molecule has 2 aliphatic rings. The molecule has 4 heteroatoms. The number of hydrogen-bond acceptors (Lipinski definition) is 3. The fourth-order valence-electron chi connectivity index (χ4n) is 2.31. The Morgan fingerprint density at radius 2 is 2.13 bits per heavy atom. The van der Waals surface area contributed by atoms with Gasteiger partial charge in [0.2, 0.25) is 5.91 Å². The third kappa shape index (κ3) is 2.69. The average molecular weight is 212 g/mol. The van der Waals surface area contributed by atoms with Gasteiger partial charge in [-0.15, -0.1) is 0 Å². The van der Waals surface area contributed by atoms with Crippen molar-refractivity contribution in [2.24, 2.45) is 0 Å². The van der Waals surface area contributed by atoms with Gasteiger partial charge in [-0.2, -0.15) is 0 Å². The molecular weight excluding hydrogens is 192 g/mol. The number of ether oxygens (including phenoxy) is 1. The Hall–Kier alpha value is -0.610. The van der Waals surface area contributed by atoms with Crippen molar-refractivity contribution >= 4 is 5.91 Å².